The molecule has 0 saturated heterocycles. The molecular weight excluding hydrogens is 400 g/mol. The van der Waals surface area contributed by atoms with E-state index in [0.717, 1.165) is 25.7 Å². The number of hydrogen-bond donors (Lipinski definition) is 3. The summed E-state index contributed by atoms with van der Waals surface area (Å²) in [5.41, 5.74) is 10.8. The van der Waals surface area contributed by atoms with Crippen molar-refractivity contribution in [3.63, 3.8) is 0 Å². The number of carbonyl (C=O) groups is 2. The minimum atomic E-state index is -0.411. The van der Waals surface area contributed by atoms with E-state index in [4.69, 9.17) is 11.5 Å². The summed E-state index contributed by atoms with van der Waals surface area (Å²) < 4.78 is 0. The lowest BCUT2D eigenvalue weighted by molar-refractivity contribution is -0.128. The number of amides is 1. The van der Waals surface area contributed by atoms with Gasteiger partial charge in [-0.15, -0.1) is 0 Å². The van der Waals surface area contributed by atoms with E-state index in [1.54, 1.807) is 0 Å². The van der Waals surface area contributed by atoms with Crippen LogP contribution in [-0.4, -0.2) is 30.2 Å². The molecule has 0 saturated carbocycles. The van der Waals surface area contributed by atoms with Gasteiger partial charge in [-0.2, -0.15) is 0 Å². The fraction of sp³-hybridized carbons (Fsp3) is 0.885. The Morgan fingerprint density at radius 3 is 1.66 bits per heavy atom. The van der Waals surface area contributed by atoms with Crippen molar-refractivity contribution in [2.75, 3.05) is 6.54 Å². The summed E-state index contributed by atoms with van der Waals surface area (Å²) in [6, 6.07) is -0.411. The monoisotopic (exact) mass is 452 g/mol. The number of aliphatic imine (C=N–C) groups is 1. The zero-order valence-electron chi connectivity index (χ0n) is 21.1. The fourth-order valence-corrected chi connectivity index (χ4v) is 3.93. The smallest absolute Gasteiger partial charge is 0.220 e. The van der Waals surface area contributed by atoms with Crippen molar-refractivity contribution >= 4 is 17.6 Å². The highest BCUT2D eigenvalue weighted by Crippen LogP contribution is 2.13. The van der Waals surface area contributed by atoms with Gasteiger partial charge in [0.1, 0.15) is 0 Å². The van der Waals surface area contributed by atoms with Crippen LogP contribution >= 0.6 is 0 Å². The van der Waals surface area contributed by atoms with Crippen LogP contribution in [0.4, 0.5) is 0 Å². The van der Waals surface area contributed by atoms with E-state index in [9.17, 15) is 9.59 Å². The van der Waals surface area contributed by atoms with Crippen LogP contribution in [0, 0.1) is 0 Å². The van der Waals surface area contributed by atoms with Crippen molar-refractivity contribution in [3.8, 4) is 0 Å². The summed E-state index contributed by atoms with van der Waals surface area (Å²) in [5.74, 6) is 0.202. The van der Waals surface area contributed by atoms with Crippen molar-refractivity contribution < 1.29 is 9.59 Å². The van der Waals surface area contributed by atoms with E-state index in [1.165, 1.54) is 70.6 Å². The van der Waals surface area contributed by atoms with Crippen molar-refractivity contribution in [2.45, 2.75) is 142 Å². The molecule has 0 aliphatic carbocycles. The van der Waals surface area contributed by atoms with Crippen LogP contribution in [0.1, 0.15) is 136 Å². The Hall–Kier alpha value is -1.59. The Labute approximate surface area is 197 Å². The van der Waals surface area contributed by atoms with Crippen molar-refractivity contribution in [1.82, 2.24) is 5.32 Å². The molecule has 32 heavy (non-hydrogen) atoms. The number of nitrogens with zero attached hydrogens (tertiary/aromatic N) is 1. The highest BCUT2D eigenvalue weighted by Gasteiger charge is 2.19. The van der Waals surface area contributed by atoms with Crippen LogP contribution < -0.4 is 16.8 Å². The normalized spacial score (nSPS) is 11.8. The summed E-state index contributed by atoms with van der Waals surface area (Å²) in [7, 11) is 0. The van der Waals surface area contributed by atoms with Crippen molar-refractivity contribution in [3.05, 3.63) is 0 Å². The third-order valence-corrected chi connectivity index (χ3v) is 5.95. The number of nitrogens with one attached hydrogen (secondary N) is 1. The Bertz CT molecular complexity index is 490. The first-order chi connectivity index (χ1) is 15.5. The highest BCUT2D eigenvalue weighted by atomic mass is 16.2. The molecule has 0 fully saturated rings. The molecule has 0 rings (SSSR count). The van der Waals surface area contributed by atoms with Gasteiger partial charge in [-0.25, -0.2) is 0 Å². The summed E-state index contributed by atoms with van der Waals surface area (Å²) in [5, 5.41) is 2.98. The van der Waals surface area contributed by atoms with Gasteiger partial charge in [0, 0.05) is 19.4 Å². The fourth-order valence-electron chi connectivity index (χ4n) is 3.93. The molecule has 0 aliphatic heterocycles. The number of carbonyl (C=O) groups excluding carboxylic acids is 2. The first-order valence-corrected chi connectivity index (χ1v) is 13.4. The maximum Gasteiger partial charge on any atom is 0.220 e. The van der Waals surface area contributed by atoms with Crippen LogP contribution in [-0.2, 0) is 9.59 Å². The maximum absolute atomic E-state index is 12.8. The van der Waals surface area contributed by atoms with Gasteiger partial charge in [0.05, 0.1) is 6.04 Å². The number of Topliss-reactive ketones (excluding diaryl/α,β-unsaturated/α-hetero) is 1. The van der Waals surface area contributed by atoms with Gasteiger partial charge < -0.3 is 16.8 Å². The molecule has 0 aromatic carbocycles. The average molecular weight is 453 g/mol. The van der Waals surface area contributed by atoms with Gasteiger partial charge >= 0.3 is 0 Å². The summed E-state index contributed by atoms with van der Waals surface area (Å²) in [6.45, 7) is 4.91. The van der Waals surface area contributed by atoms with E-state index in [1.807, 2.05) is 0 Å². The molecular formula is C26H52N4O2. The molecule has 0 aliphatic rings. The topological polar surface area (TPSA) is 111 Å². The molecule has 0 aromatic heterocycles. The standard InChI is InChI=1S/C26H52N4O2/c1-3-5-7-9-10-11-12-13-15-16-20-24(31)23(19-18-22-29-26(27)28)30-25(32)21-17-14-8-6-4-2/h23H,3-22H2,1-2H3,(H,30,32)(H4,27,28,29). The van der Waals surface area contributed by atoms with Crippen LogP contribution in [0.3, 0.4) is 0 Å². The van der Waals surface area contributed by atoms with E-state index < -0.39 is 6.04 Å². The summed E-state index contributed by atoms with van der Waals surface area (Å²) in [4.78, 5) is 29.1. The first kappa shape index (κ1) is 30.4. The molecule has 6 nitrogen and oxygen atoms in total. The number of unbranched alkanes of at least 4 members (excludes halogenated alkanes) is 13. The van der Waals surface area contributed by atoms with E-state index in [2.05, 4.69) is 24.2 Å². The molecule has 0 radical (unpaired) electrons. The van der Waals surface area contributed by atoms with Crippen LogP contribution in [0.5, 0.6) is 0 Å². The van der Waals surface area contributed by atoms with Crippen LogP contribution in [0.25, 0.3) is 0 Å². The Balaban J connectivity index is 4.19. The lowest BCUT2D eigenvalue weighted by Crippen LogP contribution is -2.40. The zero-order chi connectivity index (χ0) is 23.9. The van der Waals surface area contributed by atoms with E-state index >= 15 is 0 Å². The predicted molar refractivity (Wildman–Crippen MR) is 137 cm³/mol. The SMILES string of the molecule is CCCCCCCCCCCCC(=O)C(CCCN=C(N)N)NC(=O)CCCCCCC. The second-order valence-corrected chi connectivity index (χ2v) is 9.13. The average Bonchev–Trinajstić information content (AvgIpc) is 2.76. The summed E-state index contributed by atoms with van der Waals surface area (Å²) in [6.07, 6.45) is 20.3. The predicted octanol–water partition coefficient (Wildman–Crippen LogP) is 5.77. The molecule has 188 valence electrons. The molecule has 0 bridgehead atoms. The third kappa shape index (κ3) is 20.3. The van der Waals surface area contributed by atoms with E-state index in [0.29, 0.717) is 32.2 Å². The van der Waals surface area contributed by atoms with Gasteiger partial charge in [-0.1, -0.05) is 97.3 Å². The molecule has 5 N–H and O–H groups in total. The number of guanidine groups is 1. The largest absolute Gasteiger partial charge is 0.370 e. The molecule has 0 aromatic rings. The molecule has 1 unspecified atom stereocenters. The second kappa shape index (κ2) is 22.6. The van der Waals surface area contributed by atoms with E-state index in [-0.39, 0.29) is 17.6 Å². The maximum atomic E-state index is 12.8. The van der Waals surface area contributed by atoms with Gasteiger partial charge in [0.2, 0.25) is 5.91 Å². The second-order valence-electron chi connectivity index (χ2n) is 9.13. The number of nitrogens with two attached hydrogens (primary N) is 2. The van der Waals surface area contributed by atoms with Crippen molar-refractivity contribution in [2.24, 2.45) is 16.5 Å². The Kier molecular flexibility index (Phi) is 21.5. The molecule has 1 atom stereocenters. The van der Waals surface area contributed by atoms with Crippen molar-refractivity contribution in [1.29, 1.82) is 0 Å². The quantitative estimate of drug-likeness (QED) is 0.104. The van der Waals surface area contributed by atoms with Gasteiger partial charge in [0.15, 0.2) is 11.7 Å². The Morgan fingerprint density at radius 1 is 0.688 bits per heavy atom. The van der Waals surface area contributed by atoms with Gasteiger partial charge in [-0.3, -0.25) is 14.6 Å². The molecule has 6 heteroatoms. The molecule has 0 heterocycles. The van der Waals surface area contributed by atoms with Crippen LogP contribution in [0.15, 0.2) is 4.99 Å². The highest BCUT2D eigenvalue weighted by molar-refractivity contribution is 5.89. The first-order valence-electron chi connectivity index (χ1n) is 13.4. The third-order valence-electron chi connectivity index (χ3n) is 5.95. The zero-order valence-corrected chi connectivity index (χ0v) is 21.1. The number of ketones is 1. The lowest BCUT2D eigenvalue weighted by atomic mass is 10.00. The summed E-state index contributed by atoms with van der Waals surface area (Å²) >= 11 is 0. The number of rotatable bonds is 23. The van der Waals surface area contributed by atoms with Crippen LogP contribution in [0.2, 0.25) is 0 Å². The molecule has 0 spiro atoms. The number of hydrogen-bond acceptors (Lipinski definition) is 3. The lowest BCUT2D eigenvalue weighted by Gasteiger charge is -2.17. The molecule has 1 amide bonds. The van der Waals surface area contributed by atoms with Gasteiger partial charge in [-0.05, 0) is 25.7 Å². The van der Waals surface area contributed by atoms with Gasteiger partial charge in [0.25, 0.3) is 0 Å². The minimum absolute atomic E-state index is 0.00948. The minimum Gasteiger partial charge on any atom is -0.370 e. The Morgan fingerprint density at radius 2 is 1.16 bits per heavy atom.